The van der Waals surface area contributed by atoms with Gasteiger partial charge in [0, 0.05) is 17.2 Å². The standard InChI is InChI=1S/C29H28F2N4O3/c1-36-24-12-20(7-8-23(24)37-28(30)31)26-32-33-27(38-26)22-16-35(21-5-3-2-4-6-21)34-25(22)29-13-17-9-18(14-29)11-19(10-17)15-29/h2-8,12,16-19,28H,9-11,13-15H2,1H3. The quantitative estimate of drug-likeness (QED) is 0.272. The van der Waals surface area contributed by atoms with Gasteiger partial charge >= 0.3 is 6.61 Å². The smallest absolute Gasteiger partial charge is 0.387 e. The molecule has 2 heterocycles. The topological polar surface area (TPSA) is 75.2 Å². The number of benzene rings is 2. The van der Waals surface area contributed by atoms with Crippen molar-refractivity contribution in [3.05, 3.63) is 60.4 Å². The van der Waals surface area contributed by atoms with E-state index in [-0.39, 0.29) is 22.8 Å². The van der Waals surface area contributed by atoms with E-state index in [1.54, 1.807) is 12.1 Å². The highest BCUT2D eigenvalue weighted by Gasteiger charge is 2.53. The maximum absolute atomic E-state index is 12.8. The van der Waals surface area contributed by atoms with E-state index in [0.717, 1.165) is 54.0 Å². The van der Waals surface area contributed by atoms with Crippen molar-refractivity contribution in [3.8, 4) is 40.1 Å². The maximum atomic E-state index is 12.8. The average molecular weight is 519 g/mol. The van der Waals surface area contributed by atoms with Crippen molar-refractivity contribution in [3.63, 3.8) is 0 Å². The minimum Gasteiger partial charge on any atom is -0.493 e. The highest BCUT2D eigenvalue weighted by atomic mass is 19.3. The second kappa shape index (κ2) is 8.92. The first kappa shape index (κ1) is 23.4. The molecule has 0 spiro atoms. The van der Waals surface area contributed by atoms with E-state index >= 15 is 0 Å². The number of ether oxygens (including phenoxy) is 2. The summed E-state index contributed by atoms with van der Waals surface area (Å²) in [5.41, 5.74) is 3.46. The maximum Gasteiger partial charge on any atom is 0.387 e. The first-order chi connectivity index (χ1) is 18.5. The summed E-state index contributed by atoms with van der Waals surface area (Å²) >= 11 is 0. The van der Waals surface area contributed by atoms with Crippen LogP contribution in [0.1, 0.15) is 44.2 Å². The molecule has 9 heteroatoms. The third-order valence-electron chi connectivity index (χ3n) is 8.56. The molecule has 0 saturated heterocycles. The number of nitrogens with zero attached hydrogens (tertiary/aromatic N) is 4. The molecule has 7 nitrogen and oxygen atoms in total. The minimum atomic E-state index is -2.95. The average Bonchev–Trinajstić information content (AvgIpc) is 3.57. The molecule has 0 N–H and O–H groups in total. The molecule has 0 amide bonds. The SMILES string of the molecule is COc1cc(-c2nnc(-c3cn(-c4ccccc4)nc3C34CC5CC(CC(C5)C3)C4)o2)ccc1OC(F)F. The van der Waals surface area contributed by atoms with Crippen molar-refractivity contribution in [1.29, 1.82) is 0 Å². The van der Waals surface area contributed by atoms with Crippen LogP contribution in [0.15, 0.2) is 59.1 Å². The molecule has 0 radical (unpaired) electrons. The van der Waals surface area contributed by atoms with Crippen LogP contribution in [0.3, 0.4) is 0 Å². The molecular weight excluding hydrogens is 490 g/mol. The second-order valence-electron chi connectivity index (χ2n) is 11.0. The van der Waals surface area contributed by atoms with Gasteiger partial charge in [-0.25, -0.2) is 4.68 Å². The molecule has 4 aromatic rings. The van der Waals surface area contributed by atoms with Gasteiger partial charge in [-0.15, -0.1) is 10.2 Å². The van der Waals surface area contributed by atoms with E-state index in [2.05, 4.69) is 14.9 Å². The number of para-hydroxylation sites is 1. The van der Waals surface area contributed by atoms with Gasteiger partial charge in [0.2, 0.25) is 5.89 Å². The fraction of sp³-hybridized carbons (Fsp3) is 0.414. The number of halogens is 2. The van der Waals surface area contributed by atoms with Crippen LogP contribution in [0, 0.1) is 17.8 Å². The lowest BCUT2D eigenvalue weighted by Gasteiger charge is -2.56. The van der Waals surface area contributed by atoms with Crippen molar-refractivity contribution in [2.45, 2.75) is 50.6 Å². The lowest BCUT2D eigenvalue weighted by Crippen LogP contribution is -2.49. The highest BCUT2D eigenvalue weighted by molar-refractivity contribution is 5.64. The Hall–Kier alpha value is -3.75. The highest BCUT2D eigenvalue weighted by Crippen LogP contribution is 2.61. The van der Waals surface area contributed by atoms with Gasteiger partial charge in [0.05, 0.1) is 24.1 Å². The predicted molar refractivity (Wildman–Crippen MR) is 135 cm³/mol. The summed E-state index contributed by atoms with van der Waals surface area (Å²) in [5.74, 6) is 3.06. The molecule has 0 unspecified atom stereocenters. The molecule has 2 aromatic heterocycles. The third kappa shape index (κ3) is 3.95. The molecular formula is C29H28F2N4O3. The Bertz CT molecular complexity index is 1430. The zero-order valence-corrected chi connectivity index (χ0v) is 21.0. The van der Waals surface area contributed by atoms with Gasteiger partial charge in [-0.1, -0.05) is 18.2 Å². The molecule has 8 rings (SSSR count). The zero-order chi connectivity index (χ0) is 25.9. The number of methoxy groups -OCH3 is 1. The van der Waals surface area contributed by atoms with Crippen LogP contribution in [-0.2, 0) is 5.41 Å². The third-order valence-corrected chi connectivity index (χ3v) is 8.56. The molecule has 4 saturated carbocycles. The summed E-state index contributed by atoms with van der Waals surface area (Å²) in [5, 5.41) is 13.9. The van der Waals surface area contributed by atoms with E-state index in [1.807, 2.05) is 41.2 Å². The Labute approximate surface area is 218 Å². The van der Waals surface area contributed by atoms with Crippen LogP contribution in [0.25, 0.3) is 28.6 Å². The van der Waals surface area contributed by atoms with Crippen LogP contribution < -0.4 is 9.47 Å². The Morgan fingerprint density at radius 1 is 0.921 bits per heavy atom. The van der Waals surface area contributed by atoms with Gasteiger partial charge < -0.3 is 13.9 Å². The van der Waals surface area contributed by atoms with Gasteiger partial charge in [-0.2, -0.15) is 13.9 Å². The number of rotatable bonds is 7. The summed E-state index contributed by atoms with van der Waals surface area (Å²) in [6.07, 6.45) is 9.48. The summed E-state index contributed by atoms with van der Waals surface area (Å²) < 4.78 is 43.4. The summed E-state index contributed by atoms with van der Waals surface area (Å²) in [7, 11) is 1.40. The van der Waals surface area contributed by atoms with Crippen LogP contribution in [0.5, 0.6) is 11.5 Å². The normalized spacial score (nSPS) is 25.7. The minimum absolute atomic E-state index is 0.0240. The molecule has 4 aliphatic carbocycles. The van der Waals surface area contributed by atoms with Crippen molar-refractivity contribution in [2.75, 3.05) is 7.11 Å². The van der Waals surface area contributed by atoms with E-state index in [1.165, 1.54) is 32.4 Å². The summed E-state index contributed by atoms with van der Waals surface area (Å²) in [6, 6.07) is 14.6. The summed E-state index contributed by atoms with van der Waals surface area (Å²) in [4.78, 5) is 0. The van der Waals surface area contributed by atoms with Gasteiger partial charge in [0.25, 0.3) is 5.89 Å². The van der Waals surface area contributed by atoms with Crippen molar-refractivity contribution in [2.24, 2.45) is 17.8 Å². The van der Waals surface area contributed by atoms with Gasteiger partial charge in [-0.05, 0) is 86.6 Å². The molecule has 4 fully saturated rings. The van der Waals surface area contributed by atoms with E-state index in [9.17, 15) is 8.78 Å². The van der Waals surface area contributed by atoms with Crippen LogP contribution >= 0.6 is 0 Å². The zero-order valence-electron chi connectivity index (χ0n) is 21.0. The van der Waals surface area contributed by atoms with E-state index in [4.69, 9.17) is 14.3 Å². The first-order valence-electron chi connectivity index (χ1n) is 13.1. The molecule has 38 heavy (non-hydrogen) atoms. The van der Waals surface area contributed by atoms with Crippen LogP contribution in [-0.4, -0.2) is 33.7 Å². The fourth-order valence-electron chi connectivity index (χ4n) is 7.48. The van der Waals surface area contributed by atoms with Crippen LogP contribution in [0.2, 0.25) is 0 Å². The molecule has 2 aromatic carbocycles. The van der Waals surface area contributed by atoms with Crippen molar-refractivity contribution < 1.29 is 22.7 Å². The van der Waals surface area contributed by atoms with Gasteiger partial charge in [-0.3, -0.25) is 0 Å². The monoisotopic (exact) mass is 518 g/mol. The molecule has 0 atom stereocenters. The van der Waals surface area contributed by atoms with Crippen molar-refractivity contribution >= 4 is 0 Å². The molecule has 196 valence electrons. The first-order valence-corrected chi connectivity index (χ1v) is 13.1. The fourth-order valence-corrected chi connectivity index (χ4v) is 7.48. The van der Waals surface area contributed by atoms with Crippen molar-refractivity contribution in [1.82, 2.24) is 20.0 Å². The lowest BCUT2D eigenvalue weighted by atomic mass is 9.48. The van der Waals surface area contributed by atoms with Gasteiger partial charge in [0.15, 0.2) is 11.5 Å². The predicted octanol–water partition coefficient (Wildman–Crippen LogP) is 6.67. The molecule has 0 aliphatic heterocycles. The van der Waals surface area contributed by atoms with E-state index in [0.29, 0.717) is 11.5 Å². The van der Waals surface area contributed by atoms with Crippen LogP contribution in [0.4, 0.5) is 8.78 Å². The van der Waals surface area contributed by atoms with Gasteiger partial charge in [0.1, 0.15) is 0 Å². The van der Waals surface area contributed by atoms with E-state index < -0.39 is 6.61 Å². The number of aromatic nitrogens is 4. The summed E-state index contributed by atoms with van der Waals surface area (Å²) in [6.45, 7) is -2.95. The second-order valence-corrected chi connectivity index (χ2v) is 11.0. The Balaban J connectivity index is 1.30. The number of hydrogen-bond acceptors (Lipinski definition) is 6. The molecule has 4 aliphatic rings. The number of alkyl halides is 2. The number of hydrogen-bond donors (Lipinski definition) is 0. The Morgan fingerprint density at radius 3 is 2.26 bits per heavy atom. The Kier molecular flexibility index (Phi) is 5.49. The largest absolute Gasteiger partial charge is 0.493 e. The lowest BCUT2D eigenvalue weighted by molar-refractivity contribution is -0.0512. The Morgan fingerprint density at radius 2 is 1.61 bits per heavy atom. The molecule has 4 bridgehead atoms.